The van der Waals surface area contributed by atoms with Gasteiger partial charge in [-0.05, 0) is 66.8 Å². The van der Waals surface area contributed by atoms with E-state index in [2.05, 4.69) is 4.72 Å². The fourth-order valence-corrected chi connectivity index (χ4v) is 4.98. The number of anilines is 1. The van der Waals surface area contributed by atoms with Crippen LogP contribution in [0.25, 0.3) is 0 Å². The molecule has 0 saturated carbocycles. The number of carbonyl (C=O) groups excluding carboxylic acids is 1. The first kappa shape index (κ1) is 18.4. The summed E-state index contributed by atoms with van der Waals surface area (Å²) in [6, 6.07) is 10.2. The summed E-state index contributed by atoms with van der Waals surface area (Å²) in [6.07, 6.45) is 2.86. The molecule has 0 aliphatic heterocycles. The standard InChI is InChI=1S/C17H18N2O5S2/c1-12(20)18-25(21,22)16-9-6-15(7-10-16)19-26(23,24)17-8-5-13-3-2-4-14(13)11-17/h5-11,19H,2-4H2,1H3,(H,18,20). The molecule has 0 unspecified atom stereocenters. The second-order valence-electron chi connectivity index (χ2n) is 6.08. The predicted molar refractivity (Wildman–Crippen MR) is 96.7 cm³/mol. The van der Waals surface area contributed by atoms with Crippen molar-refractivity contribution >= 4 is 31.6 Å². The number of sulfonamides is 2. The first-order chi connectivity index (χ1) is 12.2. The van der Waals surface area contributed by atoms with Gasteiger partial charge in [-0.3, -0.25) is 9.52 Å². The van der Waals surface area contributed by atoms with Crippen molar-refractivity contribution in [2.24, 2.45) is 0 Å². The van der Waals surface area contributed by atoms with Gasteiger partial charge in [0.15, 0.2) is 0 Å². The minimum Gasteiger partial charge on any atom is -0.280 e. The van der Waals surface area contributed by atoms with Crippen molar-refractivity contribution in [1.29, 1.82) is 0 Å². The minimum atomic E-state index is -3.96. The van der Waals surface area contributed by atoms with Crippen LogP contribution in [-0.2, 0) is 37.7 Å². The van der Waals surface area contributed by atoms with Gasteiger partial charge >= 0.3 is 0 Å². The Kier molecular flexibility index (Phi) is 4.76. The quantitative estimate of drug-likeness (QED) is 0.804. The zero-order valence-corrected chi connectivity index (χ0v) is 15.7. The maximum Gasteiger partial charge on any atom is 0.264 e. The van der Waals surface area contributed by atoms with E-state index in [4.69, 9.17) is 0 Å². The molecule has 2 N–H and O–H groups in total. The third-order valence-corrected chi connectivity index (χ3v) is 6.90. The van der Waals surface area contributed by atoms with Gasteiger partial charge in [0, 0.05) is 12.6 Å². The van der Waals surface area contributed by atoms with Crippen LogP contribution in [0.2, 0.25) is 0 Å². The highest BCUT2D eigenvalue weighted by Crippen LogP contribution is 2.26. The fourth-order valence-electron chi connectivity index (χ4n) is 2.88. The summed E-state index contributed by atoms with van der Waals surface area (Å²) in [5.41, 5.74) is 2.45. The lowest BCUT2D eigenvalue weighted by Crippen LogP contribution is -2.28. The zero-order chi connectivity index (χ0) is 18.9. The van der Waals surface area contributed by atoms with Gasteiger partial charge in [0.1, 0.15) is 0 Å². The smallest absolute Gasteiger partial charge is 0.264 e. The molecule has 26 heavy (non-hydrogen) atoms. The van der Waals surface area contributed by atoms with Crippen LogP contribution in [-0.4, -0.2) is 22.7 Å². The number of amides is 1. The predicted octanol–water partition coefficient (Wildman–Crippen LogP) is 1.80. The lowest BCUT2D eigenvalue weighted by Gasteiger charge is -2.10. The summed E-state index contributed by atoms with van der Waals surface area (Å²) < 4.78 is 53.2. The monoisotopic (exact) mass is 394 g/mol. The lowest BCUT2D eigenvalue weighted by molar-refractivity contribution is -0.117. The maximum atomic E-state index is 12.5. The summed E-state index contributed by atoms with van der Waals surface area (Å²) in [5, 5.41) is 0. The Balaban J connectivity index is 1.81. The van der Waals surface area contributed by atoms with Crippen LogP contribution in [0.3, 0.4) is 0 Å². The van der Waals surface area contributed by atoms with Crippen LogP contribution >= 0.6 is 0 Å². The van der Waals surface area contributed by atoms with Crippen LogP contribution < -0.4 is 9.44 Å². The number of aryl methyl sites for hydroxylation is 2. The van der Waals surface area contributed by atoms with E-state index >= 15 is 0 Å². The van der Waals surface area contributed by atoms with Crippen molar-refractivity contribution in [3.8, 4) is 0 Å². The molecule has 0 saturated heterocycles. The highest BCUT2D eigenvalue weighted by Gasteiger charge is 2.19. The number of hydrogen-bond acceptors (Lipinski definition) is 5. The SMILES string of the molecule is CC(=O)NS(=O)(=O)c1ccc(NS(=O)(=O)c2ccc3c(c2)CCC3)cc1. The van der Waals surface area contributed by atoms with E-state index in [9.17, 15) is 21.6 Å². The van der Waals surface area contributed by atoms with Gasteiger partial charge in [-0.15, -0.1) is 0 Å². The number of fused-ring (bicyclic) bond motifs is 1. The molecule has 9 heteroatoms. The minimum absolute atomic E-state index is 0.131. The van der Waals surface area contributed by atoms with Gasteiger partial charge < -0.3 is 0 Å². The van der Waals surface area contributed by atoms with Crippen molar-refractivity contribution in [3.05, 3.63) is 53.6 Å². The van der Waals surface area contributed by atoms with Gasteiger partial charge in [0.25, 0.3) is 20.0 Å². The molecule has 1 amide bonds. The Bertz CT molecular complexity index is 1060. The number of rotatable bonds is 5. The van der Waals surface area contributed by atoms with Gasteiger partial charge in [0.05, 0.1) is 9.79 Å². The summed E-state index contributed by atoms with van der Waals surface area (Å²) in [5.74, 6) is -0.702. The Hall–Kier alpha value is -2.39. The van der Waals surface area contributed by atoms with E-state index in [0.717, 1.165) is 31.7 Å². The number of nitrogens with one attached hydrogen (secondary N) is 2. The van der Waals surface area contributed by atoms with Gasteiger partial charge in [-0.2, -0.15) is 0 Å². The molecule has 0 radical (unpaired) electrons. The van der Waals surface area contributed by atoms with Gasteiger partial charge in [-0.1, -0.05) is 6.07 Å². The van der Waals surface area contributed by atoms with Crippen LogP contribution in [0.5, 0.6) is 0 Å². The molecular weight excluding hydrogens is 376 g/mol. The Morgan fingerprint density at radius 2 is 1.46 bits per heavy atom. The van der Waals surface area contributed by atoms with Gasteiger partial charge in [-0.25, -0.2) is 21.6 Å². The molecule has 0 aromatic heterocycles. The Morgan fingerprint density at radius 3 is 2.12 bits per heavy atom. The van der Waals surface area contributed by atoms with Crippen molar-refractivity contribution in [1.82, 2.24) is 4.72 Å². The van der Waals surface area contributed by atoms with Crippen molar-refractivity contribution in [2.75, 3.05) is 4.72 Å². The van der Waals surface area contributed by atoms with E-state index in [0.29, 0.717) is 0 Å². The van der Waals surface area contributed by atoms with E-state index in [-0.39, 0.29) is 15.5 Å². The average Bonchev–Trinajstić information content (AvgIpc) is 3.01. The number of carbonyl (C=O) groups is 1. The summed E-state index contributed by atoms with van der Waals surface area (Å²) in [6.45, 7) is 1.09. The summed E-state index contributed by atoms with van der Waals surface area (Å²) in [7, 11) is -7.73. The highest BCUT2D eigenvalue weighted by molar-refractivity contribution is 7.92. The largest absolute Gasteiger partial charge is 0.280 e. The molecule has 1 aliphatic rings. The molecule has 2 aromatic rings. The van der Waals surface area contributed by atoms with Crippen molar-refractivity contribution < 1.29 is 21.6 Å². The highest BCUT2D eigenvalue weighted by atomic mass is 32.2. The fraction of sp³-hybridized carbons (Fsp3) is 0.235. The number of hydrogen-bond donors (Lipinski definition) is 2. The van der Waals surface area contributed by atoms with Gasteiger partial charge in [0.2, 0.25) is 5.91 Å². The lowest BCUT2D eigenvalue weighted by atomic mass is 10.1. The normalized spacial score (nSPS) is 13.9. The molecule has 1 aliphatic carbocycles. The van der Waals surface area contributed by atoms with Crippen LogP contribution in [0.15, 0.2) is 52.3 Å². The third kappa shape index (κ3) is 3.88. The molecule has 0 heterocycles. The van der Waals surface area contributed by atoms with E-state index in [1.54, 1.807) is 12.1 Å². The first-order valence-electron chi connectivity index (χ1n) is 7.95. The van der Waals surface area contributed by atoms with E-state index in [1.807, 2.05) is 10.8 Å². The van der Waals surface area contributed by atoms with E-state index in [1.165, 1.54) is 29.8 Å². The molecule has 3 rings (SSSR count). The summed E-state index contributed by atoms with van der Waals surface area (Å²) in [4.78, 5) is 11.0. The van der Waals surface area contributed by atoms with Crippen molar-refractivity contribution in [3.63, 3.8) is 0 Å². The van der Waals surface area contributed by atoms with Crippen molar-refractivity contribution in [2.45, 2.75) is 36.0 Å². The molecule has 7 nitrogen and oxygen atoms in total. The number of benzene rings is 2. The third-order valence-electron chi connectivity index (χ3n) is 4.08. The second-order valence-corrected chi connectivity index (χ2v) is 9.44. The molecular formula is C17H18N2O5S2. The molecule has 0 atom stereocenters. The Labute approximate surface area is 152 Å². The second kappa shape index (κ2) is 6.73. The summed E-state index contributed by atoms with van der Waals surface area (Å²) >= 11 is 0. The molecule has 0 bridgehead atoms. The molecule has 2 aromatic carbocycles. The van der Waals surface area contributed by atoms with Crippen LogP contribution in [0.4, 0.5) is 5.69 Å². The van der Waals surface area contributed by atoms with E-state index < -0.39 is 26.0 Å². The van der Waals surface area contributed by atoms with Crippen LogP contribution in [0, 0.1) is 0 Å². The molecule has 138 valence electrons. The van der Waals surface area contributed by atoms with Crippen LogP contribution in [0.1, 0.15) is 24.5 Å². The molecule has 0 fully saturated rings. The maximum absolute atomic E-state index is 12.5. The topological polar surface area (TPSA) is 109 Å². The average molecular weight is 394 g/mol. The zero-order valence-electron chi connectivity index (χ0n) is 14.0. The Morgan fingerprint density at radius 1 is 0.846 bits per heavy atom. The molecule has 0 spiro atoms. The first-order valence-corrected chi connectivity index (χ1v) is 10.9.